The number of nitro groups is 1. The molecule has 4 aromatic rings. The largest absolute Gasteiger partial charge is 0.497 e. The molecule has 0 saturated carbocycles. The first-order chi connectivity index (χ1) is 24.2. The zero-order valence-electron chi connectivity index (χ0n) is 27.9. The monoisotopic (exact) mass is 687 g/mol. The van der Waals surface area contributed by atoms with Gasteiger partial charge in [-0.15, -0.1) is 0 Å². The van der Waals surface area contributed by atoms with Gasteiger partial charge in [-0.2, -0.15) is 0 Å². The first kappa shape index (κ1) is 36.0. The Labute approximate surface area is 288 Å². The van der Waals surface area contributed by atoms with E-state index in [1.807, 2.05) is 78.9 Å². The molecule has 0 aliphatic carbocycles. The average molecular weight is 688 g/mol. The number of hydrogen-bond acceptors (Lipinski definition) is 12. The van der Waals surface area contributed by atoms with Gasteiger partial charge in [0.1, 0.15) is 22.8 Å². The number of hydrogen-bond donors (Lipinski definition) is 0. The molecule has 0 spiro atoms. The molecule has 1 aliphatic rings. The third-order valence-corrected chi connectivity index (χ3v) is 8.16. The summed E-state index contributed by atoms with van der Waals surface area (Å²) in [6, 6.07) is 29.4. The molecule has 0 radical (unpaired) electrons. The predicted molar refractivity (Wildman–Crippen MR) is 178 cm³/mol. The van der Waals surface area contributed by atoms with Crippen LogP contribution in [0.2, 0.25) is 0 Å². The normalized spacial score (nSPS) is 18.6. The summed E-state index contributed by atoms with van der Waals surface area (Å²) < 4.78 is 46.5. The van der Waals surface area contributed by atoms with Crippen molar-refractivity contribution in [3.63, 3.8) is 0 Å². The van der Waals surface area contributed by atoms with E-state index >= 15 is 0 Å². The number of rotatable bonds is 15. The highest BCUT2D eigenvalue weighted by Gasteiger charge is 2.53. The van der Waals surface area contributed by atoms with Gasteiger partial charge in [-0.1, -0.05) is 54.6 Å². The minimum absolute atomic E-state index is 0.100. The molecular weight excluding hydrogens is 650 g/mol. The molecule has 13 nitrogen and oxygen atoms in total. The summed E-state index contributed by atoms with van der Waals surface area (Å²) in [5, 5.41) is 10.9. The van der Waals surface area contributed by atoms with Gasteiger partial charge in [0.25, 0.3) is 5.69 Å². The van der Waals surface area contributed by atoms with E-state index in [1.165, 1.54) is 38.5 Å². The van der Waals surface area contributed by atoms with Gasteiger partial charge in [0.15, 0.2) is 24.8 Å². The van der Waals surface area contributed by atoms with Crippen molar-refractivity contribution < 1.29 is 52.4 Å². The molecule has 0 aromatic heterocycles. The lowest BCUT2D eigenvalue weighted by Gasteiger charge is -2.40. The van der Waals surface area contributed by atoms with Crippen molar-refractivity contribution in [2.75, 3.05) is 28.4 Å². The smallest absolute Gasteiger partial charge is 0.311 e. The van der Waals surface area contributed by atoms with Crippen molar-refractivity contribution in [2.24, 2.45) is 0 Å². The van der Waals surface area contributed by atoms with Crippen LogP contribution in [-0.2, 0) is 38.9 Å². The van der Waals surface area contributed by atoms with Crippen LogP contribution < -0.4 is 14.2 Å². The quantitative estimate of drug-likeness (QED) is 0.0506. The molecule has 1 saturated heterocycles. The SMILES string of the molecule is COc1ccc(C(OC2C(OC)OC(OC)C2OC(=O)CCC(=O)Oc2ccc([N+](=O)[O-])cc2)(c2ccccc2)c2ccc(OC)cc2)cc1. The average Bonchev–Trinajstić information content (AvgIpc) is 3.48. The molecule has 4 atom stereocenters. The van der Waals surface area contributed by atoms with Gasteiger partial charge in [0.2, 0.25) is 0 Å². The lowest BCUT2D eigenvalue weighted by atomic mass is 9.79. The third-order valence-electron chi connectivity index (χ3n) is 8.16. The molecule has 1 heterocycles. The number of methoxy groups -OCH3 is 4. The van der Waals surface area contributed by atoms with Crippen LogP contribution >= 0.6 is 0 Å². The highest BCUT2D eigenvalue weighted by atomic mass is 16.8. The topological polar surface area (TPSA) is 151 Å². The van der Waals surface area contributed by atoms with E-state index < -0.39 is 47.3 Å². The Hall–Kier alpha value is -5.34. The number of ether oxygens (including phenoxy) is 8. The van der Waals surface area contributed by atoms with Crippen molar-refractivity contribution in [2.45, 2.75) is 43.2 Å². The Balaban J connectivity index is 1.45. The van der Waals surface area contributed by atoms with Gasteiger partial charge >= 0.3 is 11.9 Å². The fourth-order valence-electron chi connectivity index (χ4n) is 5.69. The maximum Gasteiger partial charge on any atom is 0.311 e. The summed E-state index contributed by atoms with van der Waals surface area (Å²) >= 11 is 0. The van der Waals surface area contributed by atoms with Crippen LogP contribution in [0, 0.1) is 10.1 Å². The molecule has 4 unspecified atom stereocenters. The van der Waals surface area contributed by atoms with Gasteiger partial charge in [-0.05, 0) is 53.1 Å². The fourth-order valence-corrected chi connectivity index (χ4v) is 5.69. The summed E-state index contributed by atoms with van der Waals surface area (Å²) in [7, 11) is 6.01. The van der Waals surface area contributed by atoms with Gasteiger partial charge < -0.3 is 37.9 Å². The molecule has 1 aliphatic heterocycles. The number of benzene rings is 4. The minimum atomic E-state index is -1.31. The molecule has 0 amide bonds. The molecule has 1 fully saturated rings. The van der Waals surface area contributed by atoms with Crippen LogP contribution in [0.15, 0.2) is 103 Å². The minimum Gasteiger partial charge on any atom is -0.497 e. The molecule has 50 heavy (non-hydrogen) atoms. The van der Waals surface area contributed by atoms with Crippen molar-refractivity contribution in [3.05, 3.63) is 130 Å². The number of esters is 2. The number of nitro benzene ring substituents is 1. The zero-order valence-corrected chi connectivity index (χ0v) is 27.9. The van der Waals surface area contributed by atoms with E-state index in [2.05, 4.69) is 0 Å². The number of non-ortho nitro benzene ring substituents is 1. The van der Waals surface area contributed by atoms with Gasteiger partial charge in [0.05, 0.1) is 32.0 Å². The van der Waals surface area contributed by atoms with E-state index in [1.54, 1.807) is 14.2 Å². The highest BCUT2D eigenvalue weighted by molar-refractivity contribution is 5.79. The lowest BCUT2D eigenvalue weighted by Crippen LogP contribution is -2.47. The maximum absolute atomic E-state index is 13.3. The van der Waals surface area contributed by atoms with Crippen LogP contribution in [0.3, 0.4) is 0 Å². The molecular formula is C37H37NO12. The summed E-state index contributed by atoms with van der Waals surface area (Å²) in [5.74, 6) is -0.0915. The molecule has 4 aromatic carbocycles. The van der Waals surface area contributed by atoms with Gasteiger partial charge in [0, 0.05) is 26.4 Å². The van der Waals surface area contributed by atoms with E-state index in [9.17, 15) is 19.7 Å². The van der Waals surface area contributed by atoms with Crippen molar-refractivity contribution in [3.8, 4) is 17.2 Å². The first-order valence-corrected chi connectivity index (χ1v) is 15.6. The Kier molecular flexibility index (Phi) is 11.8. The summed E-state index contributed by atoms with van der Waals surface area (Å²) in [4.78, 5) is 36.1. The number of nitrogens with zero attached hydrogens (tertiary/aromatic N) is 1. The lowest BCUT2D eigenvalue weighted by molar-refractivity contribution is -0.384. The zero-order chi connectivity index (χ0) is 35.7. The van der Waals surface area contributed by atoms with E-state index in [0.29, 0.717) is 11.5 Å². The number of carbonyl (C=O) groups excluding carboxylic acids is 2. The van der Waals surface area contributed by atoms with E-state index in [4.69, 9.17) is 37.9 Å². The van der Waals surface area contributed by atoms with E-state index in [0.717, 1.165) is 16.7 Å². The van der Waals surface area contributed by atoms with Crippen LogP contribution in [0.5, 0.6) is 17.2 Å². The Morgan fingerprint density at radius 1 is 0.660 bits per heavy atom. The molecule has 262 valence electrons. The van der Waals surface area contributed by atoms with Crippen molar-refractivity contribution in [1.82, 2.24) is 0 Å². The second-order valence-electron chi connectivity index (χ2n) is 11.1. The Bertz CT molecular complexity index is 1680. The van der Waals surface area contributed by atoms with Crippen LogP contribution in [0.4, 0.5) is 5.69 Å². The molecule has 13 heteroatoms. The second kappa shape index (κ2) is 16.4. The van der Waals surface area contributed by atoms with Crippen LogP contribution in [0.25, 0.3) is 0 Å². The summed E-state index contributed by atoms with van der Waals surface area (Å²) in [6.45, 7) is 0. The van der Waals surface area contributed by atoms with Crippen molar-refractivity contribution >= 4 is 17.6 Å². The summed E-state index contributed by atoms with van der Waals surface area (Å²) in [5.41, 5.74) is 0.743. The standard InChI is InChI=1S/C37H37NO12/c1-43-28-16-10-25(11-17-28)37(24-8-6-5-7-9-24,26-12-18-29(44-2)19-13-26)50-34-33(35(45-3)49-36(34)46-4)48-32(40)23-22-31(39)47-30-20-14-27(15-21-30)38(41)42/h5-21,33-36H,22-23H2,1-4H3. The van der Waals surface area contributed by atoms with Crippen LogP contribution in [0.1, 0.15) is 29.5 Å². The first-order valence-electron chi connectivity index (χ1n) is 15.6. The third kappa shape index (κ3) is 7.92. The molecule has 0 N–H and O–H groups in total. The summed E-state index contributed by atoms with van der Waals surface area (Å²) in [6.07, 6.45) is -4.98. The van der Waals surface area contributed by atoms with E-state index in [-0.39, 0.29) is 24.3 Å². The van der Waals surface area contributed by atoms with Gasteiger partial charge in [-0.25, -0.2) is 0 Å². The Morgan fingerprint density at radius 3 is 1.64 bits per heavy atom. The van der Waals surface area contributed by atoms with Crippen LogP contribution in [-0.4, -0.2) is 70.1 Å². The van der Waals surface area contributed by atoms with Gasteiger partial charge in [-0.3, -0.25) is 19.7 Å². The Morgan fingerprint density at radius 2 is 1.14 bits per heavy atom. The second-order valence-corrected chi connectivity index (χ2v) is 11.1. The fraction of sp³-hybridized carbons (Fsp3) is 0.297. The molecule has 5 rings (SSSR count). The van der Waals surface area contributed by atoms with Crippen molar-refractivity contribution in [1.29, 1.82) is 0 Å². The maximum atomic E-state index is 13.3. The predicted octanol–water partition coefficient (Wildman–Crippen LogP) is 5.56. The number of carbonyl (C=O) groups is 2. The molecule has 0 bridgehead atoms. The highest BCUT2D eigenvalue weighted by Crippen LogP contribution is 2.45.